The largest absolute Gasteiger partial charge is 0.478 e. The van der Waals surface area contributed by atoms with E-state index in [2.05, 4.69) is 15.1 Å². The maximum atomic E-state index is 11.5. The van der Waals surface area contributed by atoms with Gasteiger partial charge in [0, 0.05) is 0 Å². The summed E-state index contributed by atoms with van der Waals surface area (Å²) in [5, 5.41) is 13.9. The molecule has 3 rings (SSSR count). The van der Waals surface area contributed by atoms with Gasteiger partial charge in [-0.25, -0.2) is 14.5 Å². The van der Waals surface area contributed by atoms with Crippen molar-refractivity contribution in [1.82, 2.24) is 19.7 Å². The number of rotatable bonds is 4. The van der Waals surface area contributed by atoms with E-state index < -0.39 is 5.97 Å². The summed E-state index contributed by atoms with van der Waals surface area (Å²) in [6.07, 6.45) is 1.15. The van der Waals surface area contributed by atoms with Crippen molar-refractivity contribution in [2.75, 3.05) is 0 Å². The Bertz CT molecular complexity index is 783. The second kappa shape index (κ2) is 5.05. The van der Waals surface area contributed by atoms with Crippen LogP contribution in [0.1, 0.15) is 35.6 Å². The first-order valence-electron chi connectivity index (χ1n) is 6.94. The first-order valence-corrected chi connectivity index (χ1v) is 6.94. The highest BCUT2D eigenvalue weighted by molar-refractivity contribution is 5.90. The number of imidazole rings is 1. The predicted octanol–water partition coefficient (Wildman–Crippen LogP) is 2.57. The topological polar surface area (TPSA) is 83.8 Å². The minimum Gasteiger partial charge on any atom is -0.478 e. The molecule has 2 aromatic heterocycles. The van der Waals surface area contributed by atoms with Crippen molar-refractivity contribution in [1.29, 1.82) is 0 Å². The number of aromatic amines is 1. The fourth-order valence-electron chi connectivity index (χ4n) is 2.54. The van der Waals surface area contributed by atoms with Crippen LogP contribution in [-0.4, -0.2) is 30.8 Å². The van der Waals surface area contributed by atoms with Crippen LogP contribution < -0.4 is 0 Å². The molecule has 0 radical (unpaired) electrons. The van der Waals surface area contributed by atoms with E-state index in [1.807, 2.05) is 38.1 Å². The van der Waals surface area contributed by atoms with Gasteiger partial charge in [-0.15, -0.1) is 0 Å². The quantitative estimate of drug-likeness (QED) is 0.771. The van der Waals surface area contributed by atoms with Crippen LogP contribution in [0.4, 0.5) is 0 Å². The number of hydrogen-bond donors (Lipinski definition) is 2. The third-order valence-electron chi connectivity index (χ3n) is 3.51. The predicted molar refractivity (Wildman–Crippen MR) is 78.9 cm³/mol. The van der Waals surface area contributed by atoms with E-state index in [1.54, 1.807) is 4.68 Å². The Labute approximate surface area is 121 Å². The van der Waals surface area contributed by atoms with E-state index in [4.69, 9.17) is 0 Å². The number of carboxylic acid groups (broad SMARTS) is 1. The van der Waals surface area contributed by atoms with E-state index in [1.165, 1.54) is 0 Å². The number of carbonyl (C=O) groups is 1. The number of fused-ring (bicyclic) bond motifs is 1. The summed E-state index contributed by atoms with van der Waals surface area (Å²) in [6.45, 7) is 3.82. The first-order chi connectivity index (χ1) is 10.2. The zero-order valence-corrected chi connectivity index (χ0v) is 11.9. The van der Waals surface area contributed by atoms with Gasteiger partial charge in [-0.1, -0.05) is 26.0 Å². The van der Waals surface area contributed by atoms with Crippen molar-refractivity contribution in [3.63, 3.8) is 0 Å². The van der Waals surface area contributed by atoms with Crippen LogP contribution in [0.15, 0.2) is 24.3 Å². The van der Waals surface area contributed by atoms with Crippen molar-refractivity contribution in [3.8, 4) is 5.95 Å². The molecule has 0 fully saturated rings. The van der Waals surface area contributed by atoms with Gasteiger partial charge in [0.05, 0.1) is 22.4 Å². The molecule has 6 nitrogen and oxygen atoms in total. The second-order valence-electron chi connectivity index (χ2n) is 4.77. The van der Waals surface area contributed by atoms with Gasteiger partial charge in [-0.2, -0.15) is 5.10 Å². The minimum atomic E-state index is -0.939. The van der Waals surface area contributed by atoms with Gasteiger partial charge in [0.25, 0.3) is 0 Å². The Kier molecular flexibility index (Phi) is 3.21. The van der Waals surface area contributed by atoms with Crippen LogP contribution in [0, 0.1) is 0 Å². The number of aromatic carboxylic acids is 1. The van der Waals surface area contributed by atoms with Crippen LogP contribution in [0.25, 0.3) is 17.0 Å². The smallest absolute Gasteiger partial charge is 0.339 e. The van der Waals surface area contributed by atoms with Gasteiger partial charge in [-0.05, 0) is 25.0 Å². The standard InChI is InChI=1S/C15H16N4O2/c1-3-9-13(14(20)21)12(4-2)19(18-9)15-16-10-7-5-6-8-11(10)17-15/h5-8H,3-4H2,1-2H3,(H,16,17)(H,20,21). The molecule has 2 heterocycles. The number of aromatic nitrogens is 4. The lowest BCUT2D eigenvalue weighted by atomic mass is 10.1. The van der Waals surface area contributed by atoms with Crippen LogP contribution in [0.3, 0.4) is 0 Å². The van der Waals surface area contributed by atoms with Gasteiger partial charge < -0.3 is 10.1 Å². The Morgan fingerprint density at radius 2 is 2.05 bits per heavy atom. The molecule has 6 heteroatoms. The molecule has 0 amide bonds. The number of aryl methyl sites for hydroxylation is 1. The minimum absolute atomic E-state index is 0.292. The summed E-state index contributed by atoms with van der Waals surface area (Å²) >= 11 is 0. The molecule has 0 saturated heterocycles. The molecular weight excluding hydrogens is 268 g/mol. The molecule has 0 bridgehead atoms. The highest BCUT2D eigenvalue weighted by atomic mass is 16.4. The van der Waals surface area contributed by atoms with E-state index in [0.29, 0.717) is 35.7 Å². The average Bonchev–Trinajstić information content (AvgIpc) is 3.07. The molecule has 3 aromatic rings. The number of benzene rings is 1. The first kappa shape index (κ1) is 13.4. The summed E-state index contributed by atoms with van der Waals surface area (Å²) in [7, 11) is 0. The van der Waals surface area contributed by atoms with E-state index in [-0.39, 0.29) is 0 Å². The Morgan fingerprint density at radius 3 is 2.67 bits per heavy atom. The van der Waals surface area contributed by atoms with Crippen molar-refractivity contribution in [2.24, 2.45) is 0 Å². The Balaban J connectivity index is 2.24. The molecule has 1 aromatic carbocycles. The fraction of sp³-hybridized carbons (Fsp3) is 0.267. The number of carboxylic acids is 1. The van der Waals surface area contributed by atoms with Crippen LogP contribution in [0.5, 0.6) is 0 Å². The zero-order valence-electron chi connectivity index (χ0n) is 11.9. The lowest BCUT2D eigenvalue weighted by molar-refractivity contribution is 0.0694. The molecule has 0 unspecified atom stereocenters. The molecule has 0 atom stereocenters. The molecule has 108 valence electrons. The SMILES string of the molecule is CCc1nn(-c2nc3ccccc3[nH]2)c(CC)c1C(=O)O. The zero-order chi connectivity index (χ0) is 15.0. The number of nitrogens with zero attached hydrogens (tertiary/aromatic N) is 3. The summed E-state index contributed by atoms with van der Waals surface area (Å²) < 4.78 is 1.61. The van der Waals surface area contributed by atoms with E-state index in [9.17, 15) is 9.90 Å². The van der Waals surface area contributed by atoms with Crippen molar-refractivity contribution in [2.45, 2.75) is 26.7 Å². The van der Waals surface area contributed by atoms with Crippen LogP contribution >= 0.6 is 0 Å². The second-order valence-corrected chi connectivity index (χ2v) is 4.77. The normalized spacial score (nSPS) is 11.1. The molecule has 21 heavy (non-hydrogen) atoms. The monoisotopic (exact) mass is 284 g/mol. The Morgan fingerprint density at radius 1 is 1.29 bits per heavy atom. The van der Waals surface area contributed by atoms with Gasteiger partial charge in [0.1, 0.15) is 5.56 Å². The van der Waals surface area contributed by atoms with Crippen molar-refractivity contribution in [3.05, 3.63) is 41.2 Å². The summed E-state index contributed by atoms with van der Waals surface area (Å²) in [4.78, 5) is 19.2. The van der Waals surface area contributed by atoms with Crippen molar-refractivity contribution < 1.29 is 9.90 Å². The number of hydrogen-bond acceptors (Lipinski definition) is 3. The number of H-pyrrole nitrogens is 1. The van der Waals surface area contributed by atoms with Gasteiger partial charge in [-0.3, -0.25) is 0 Å². The van der Waals surface area contributed by atoms with Gasteiger partial charge >= 0.3 is 5.97 Å². The fourth-order valence-corrected chi connectivity index (χ4v) is 2.54. The maximum absolute atomic E-state index is 11.5. The molecule has 0 aliphatic rings. The van der Waals surface area contributed by atoms with Crippen LogP contribution in [-0.2, 0) is 12.8 Å². The van der Waals surface area contributed by atoms with E-state index in [0.717, 1.165) is 11.0 Å². The van der Waals surface area contributed by atoms with Crippen molar-refractivity contribution >= 4 is 17.0 Å². The average molecular weight is 284 g/mol. The molecule has 0 saturated carbocycles. The molecular formula is C15H16N4O2. The third-order valence-corrected chi connectivity index (χ3v) is 3.51. The lowest BCUT2D eigenvalue weighted by Crippen LogP contribution is -2.07. The van der Waals surface area contributed by atoms with Crippen LogP contribution in [0.2, 0.25) is 0 Å². The molecule has 2 N–H and O–H groups in total. The van der Waals surface area contributed by atoms with E-state index >= 15 is 0 Å². The third kappa shape index (κ3) is 2.08. The summed E-state index contributed by atoms with van der Waals surface area (Å²) in [6, 6.07) is 7.67. The Hall–Kier alpha value is -2.63. The molecule has 0 aliphatic heterocycles. The highest BCUT2D eigenvalue weighted by Gasteiger charge is 2.23. The summed E-state index contributed by atoms with van der Waals surface area (Å²) in [5.41, 5.74) is 3.28. The summed E-state index contributed by atoms with van der Waals surface area (Å²) in [5.74, 6) is -0.388. The van der Waals surface area contributed by atoms with Gasteiger partial charge in [0.2, 0.25) is 5.95 Å². The highest BCUT2D eigenvalue weighted by Crippen LogP contribution is 2.21. The maximum Gasteiger partial charge on any atom is 0.339 e. The van der Waals surface area contributed by atoms with Gasteiger partial charge in [0.15, 0.2) is 0 Å². The number of nitrogens with one attached hydrogen (secondary N) is 1. The molecule has 0 aliphatic carbocycles. The molecule has 0 spiro atoms. The number of para-hydroxylation sites is 2. The lowest BCUT2D eigenvalue weighted by Gasteiger charge is -2.02.